The fraction of sp³-hybridized carbons (Fsp3) is 0.714. The van der Waals surface area contributed by atoms with Crippen LogP contribution in [0.2, 0.25) is 0 Å². The van der Waals surface area contributed by atoms with Crippen LogP contribution in [0.5, 0.6) is 0 Å². The van der Waals surface area contributed by atoms with Gasteiger partial charge in [0, 0.05) is 14.2 Å². The standard InChI is InChI=1S/C7H16O9P2/c1-6(7(13-2)14-3)4-5-15-18(11,12)16-17(8,9)10/h4,7H,5H2,1-3H3,(H,11,12)(H2,8,9,10)/b6-4+. The molecule has 0 aliphatic heterocycles. The van der Waals surface area contributed by atoms with E-state index in [1.54, 1.807) is 6.92 Å². The molecule has 0 saturated heterocycles. The maximum Gasteiger partial charge on any atom is 0.481 e. The Morgan fingerprint density at radius 1 is 1.22 bits per heavy atom. The maximum absolute atomic E-state index is 11.0. The van der Waals surface area contributed by atoms with Gasteiger partial charge in [0.05, 0.1) is 6.61 Å². The Labute approximate surface area is 104 Å². The average molecular weight is 306 g/mol. The molecule has 0 aliphatic rings. The van der Waals surface area contributed by atoms with Gasteiger partial charge in [-0.15, -0.1) is 0 Å². The lowest BCUT2D eigenvalue weighted by atomic mass is 10.3. The predicted octanol–water partition coefficient (Wildman–Crippen LogP) is 0.778. The predicted molar refractivity (Wildman–Crippen MR) is 60.5 cm³/mol. The first-order chi connectivity index (χ1) is 8.11. The van der Waals surface area contributed by atoms with Crippen LogP contribution in [0.15, 0.2) is 11.6 Å². The summed E-state index contributed by atoms with van der Waals surface area (Å²) in [6.07, 6.45) is 0.707. The number of rotatable bonds is 8. The monoisotopic (exact) mass is 306 g/mol. The van der Waals surface area contributed by atoms with Gasteiger partial charge in [0.1, 0.15) is 0 Å². The average Bonchev–Trinajstić information content (AvgIpc) is 2.15. The lowest BCUT2D eigenvalue weighted by molar-refractivity contribution is -0.0750. The van der Waals surface area contributed by atoms with Gasteiger partial charge in [-0.1, -0.05) is 6.08 Å². The summed E-state index contributed by atoms with van der Waals surface area (Å²) in [5.74, 6) is 0. The first-order valence-electron chi connectivity index (χ1n) is 4.58. The Morgan fingerprint density at radius 3 is 2.11 bits per heavy atom. The minimum absolute atomic E-state index is 0.400. The summed E-state index contributed by atoms with van der Waals surface area (Å²) < 4.78 is 39.1. The first-order valence-corrected chi connectivity index (χ1v) is 7.60. The second kappa shape index (κ2) is 7.49. The van der Waals surface area contributed by atoms with Crippen molar-refractivity contribution in [3.8, 4) is 0 Å². The van der Waals surface area contributed by atoms with Crippen LogP contribution in [0.25, 0.3) is 0 Å². The fourth-order valence-electron chi connectivity index (χ4n) is 0.985. The molecule has 0 heterocycles. The summed E-state index contributed by atoms with van der Waals surface area (Å²) in [7, 11) is -7.09. The zero-order valence-corrected chi connectivity index (χ0v) is 11.8. The Kier molecular flexibility index (Phi) is 7.46. The normalized spacial score (nSPS) is 16.9. The molecule has 0 fully saturated rings. The summed E-state index contributed by atoms with van der Waals surface area (Å²) in [5.41, 5.74) is 0.552. The zero-order valence-electron chi connectivity index (χ0n) is 10.0. The molecule has 0 saturated carbocycles. The van der Waals surface area contributed by atoms with E-state index in [0.717, 1.165) is 0 Å². The zero-order chi connectivity index (χ0) is 14.4. The molecule has 0 rings (SSSR count). The van der Waals surface area contributed by atoms with E-state index in [1.165, 1.54) is 20.3 Å². The summed E-state index contributed by atoms with van der Waals surface area (Å²) in [6.45, 7) is 1.22. The van der Waals surface area contributed by atoms with E-state index in [-0.39, 0.29) is 0 Å². The van der Waals surface area contributed by atoms with Gasteiger partial charge in [-0.3, -0.25) is 4.52 Å². The van der Waals surface area contributed by atoms with Crippen LogP contribution in [0.1, 0.15) is 6.92 Å². The van der Waals surface area contributed by atoms with E-state index in [2.05, 4.69) is 8.83 Å². The van der Waals surface area contributed by atoms with Crippen molar-refractivity contribution in [2.45, 2.75) is 13.2 Å². The smallest absolute Gasteiger partial charge is 0.352 e. The molecule has 0 aromatic carbocycles. The second-order valence-electron chi connectivity index (χ2n) is 3.09. The van der Waals surface area contributed by atoms with Crippen molar-refractivity contribution in [2.24, 2.45) is 0 Å². The summed E-state index contributed by atoms with van der Waals surface area (Å²) in [6, 6.07) is 0. The molecule has 1 unspecified atom stereocenters. The van der Waals surface area contributed by atoms with Crippen LogP contribution in [-0.2, 0) is 27.4 Å². The van der Waals surface area contributed by atoms with E-state index in [9.17, 15) is 9.13 Å². The van der Waals surface area contributed by atoms with Crippen molar-refractivity contribution in [3.63, 3.8) is 0 Å². The largest absolute Gasteiger partial charge is 0.481 e. The molecule has 0 aliphatic carbocycles. The molecule has 0 amide bonds. The number of hydrogen-bond donors (Lipinski definition) is 3. The van der Waals surface area contributed by atoms with Gasteiger partial charge < -0.3 is 24.2 Å². The van der Waals surface area contributed by atoms with Crippen molar-refractivity contribution < 1.29 is 42.1 Å². The van der Waals surface area contributed by atoms with Gasteiger partial charge in [-0.2, -0.15) is 4.31 Å². The third-order valence-electron chi connectivity index (χ3n) is 1.65. The number of hydrogen-bond acceptors (Lipinski definition) is 6. The Balaban J connectivity index is 4.37. The van der Waals surface area contributed by atoms with Gasteiger partial charge >= 0.3 is 15.6 Å². The fourth-order valence-corrected chi connectivity index (χ4v) is 2.51. The van der Waals surface area contributed by atoms with Crippen LogP contribution in [-0.4, -0.2) is 41.8 Å². The summed E-state index contributed by atoms with van der Waals surface area (Å²) in [4.78, 5) is 25.6. The molecule has 18 heavy (non-hydrogen) atoms. The lowest BCUT2D eigenvalue weighted by Crippen LogP contribution is -2.14. The molecule has 9 nitrogen and oxygen atoms in total. The lowest BCUT2D eigenvalue weighted by Gasteiger charge is -2.14. The van der Waals surface area contributed by atoms with Crippen molar-refractivity contribution in [1.29, 1.82) is 0 Å². The van der Waals surface area contributed by atoms with E-state index < -0.39 is 28.5 Å². The van der Waals surface area contributed by atoms with Crippen molar-refractivity contribution >= 4 is 15.6 Å². The SMILES string of the molecule is COC(OC)/C(C)=C/COP(=O)(O)OP(=O)(O)O. The Hall–Kier alpha value is -0.0800. The Bertz CT molecular complexity index is 369. The van der Waals surface area contributed by atoms with Crippen LogP contribution in [0, 0.1) is 0 Å². The molecule has 11 heteroatoms. The third-order valence-corrected chi connectivity index (χ3v) is 3.80. The van der Waals surface area contributed by atoms with Gasteiger partial charge in [0.25, 0.3) is 0 Å². The highest BCUT2D eigenvalue weighted by Crippen LogP contribution is 2.57. The minimum atomic E-state index is -5.09. The molecule has 3 N–H and O–H groups in total. The first kappa shape index (κ1) is 17.9. The van der Waals surface area contributed by atoms with Gasteiger partial charge in [-0.25, -0.2) is 9.13 Å². The molecule has 0 spiro atoms. The van der Waals surface area contributed by atoms with Crippen molar-refractivity contribution in [2.75, 3.05) is 20.8 Å². The molecule has 108 valence electrons. The highest BCUT2D eigenvalue weighted by Gasteiger charge is 2.31. The number of methoxy groups -OCH3 is 2. The van der Waals surface area contributed by atoms with Gasteiger partial charge in [-0.05, 0) is 12.5 Å². The highest BCUT2D eigenvalue weighted by molar-refractivity contribution is 7.60. The second-order valence-corrected chi connectivity index (χ2v) is 5.92. The van der Waals surface area contributed by atoms with Crippen LogP contribution in [0.4, 0.5) is 0 Å². The van der Waals surface area contributed by atoms with Crippen LogP contribution >= 0.6 is 15.6 Å². The van der Waals surface area contributed by atoms with Gasteiger partial charge in [0.15, 0.2) is 6.29 Å². The summed E-state index contributed by atoms with van der Waals surface area (Å²) in [5, 5.41) is 0. The quantitative estimate of drug-likeness (QED) is 0.338. The van der Waals surface area contributed by atoms with Crippen LogP contribution in [0.3, 0.4) is 0 Å². The number of phosphoric ester groups is 1. The van der Waals surface area contributed by atoms with Crippen LogP contribution < -0.4 is 0 Å². The van der Waals surface area contributed by atoms with E-state index in [4.69, 9.17) is 24.2 Å². The number of phosphoric acid groups is 2. The van der Waals surface area contributed by atoms with Crippen molar-refractivity contribution in [1.82, 2.24) is 0 Å². The number of ether oxygens (including phenoxy) is 2. The van der Waals surface area contributed by atoms with E-state index in [0.29, 0.717) is 5.57 Å². The molecule has 0 aromatic heterocycles. The van der Waals surface area contributed by atoms with E-state index >= 15 is 0 Å². The molecular formula is C7H16O9P2. The topological polar surface area (TPSA) is 132 Å². The Morgan fingerprint density at radius 2 is 1.72 bits per heavy atom. The molecule has 0 bridgehead atoms. The minimum Gasteiger partial charge on any atom is -0.352 e. The summed E-state index contributed by atoms with van der Waals surface area (Å²) >= 11 is 0. The molecule has 0 radical (unpaired) electrons. The maximum atomic E-state index is 11.0. The molecule has 0 aromatic rings. The van der Waals surface area contributed by atoms with Gasteiger partial charge in [0.2, 0.25) is 0 Å². The van der Waals surface area contributed by atoms with E-state index in [1.807, 2.05) is 0 Å². The third kappa shape index (κ3) is 8.10. The highest BCUT2D eigenvalue weighted by atomic mass is 31.3. The molecular weight excluding hydrogens is 290 g/mol. The molecule has 1 atom stereocenters. The van der Waals surface area contributed by atoms with Crippen molar-refractivity contribution in [3.05, 3.63) is 11.6 Å².